The molecule has 2 rings (SSSR count). The molecule has 1 N–H and O–H groups in total. The average molecular weight is 304 g/mol. The first kappa shape index (κ1) is 17.3. The van der Waals surface area contributed by atoms with E-state index >= 15 is 0 Å². The van der Waals surface area contributed by atoms with Gasteiger partial charge < -0.3 is 10.1 Å². The van der Waals surface area contributed by atoms with Crippen LogP contribution in [0.1, 0.15) is 57.1 Å². The molecule has 0 amide bonds. The lowest BCUT2D eigenvalue weighted by molar-refractivity contribution is 0.295. The summed E-state index contributed by atoms with van der Waals surface area (Å²) in [7, 11) is 1.78. The molecule has 3 heteroatoms. The first-order valence-electron chi connectivity index (χ1n) is 8.88. The Kier molecular flexibility index (Phi) is 7.20. The predicted octanol–water partition coefficient (Wildman–Crippen LogP) is 3.96. The quantitative estimate of drug-likeness (QED) is 0.787. The molecule has 1 aromatic rings. The van der Waals surface area contributed by atoms with Crippen LogP contribution in [0.25, 0.3) is 0 Å². The van der Waals surface area contributed by atoms with Crippen molar-refractivity contribution < 1.29 is 4.74 Å². The maximum atomic E-state index is 5.62. The van der Waals surface area contributed by atoms with Gasteiger partial charge in [-0.1, -0.05) is 45.2 Å². The number of methoxy groups -OCH3 is 1. The number of hydrogen-bond acceptors (Lipinski definition) is 3. The predicted molar refractivity (Wildman–Crippen MR) is 93.3 cm³/mol. The molecule has 0 heterocycles. The van der Waals surface area contributed by atoms with E-state index in [1.807, 2.05) is 0 Å². The van der Waals surface area contributed by atoms with Crippen molar-refractivity contribution >= 4 is 0 Å². The maximum absolute atomic E-state index is 5.62. The van der Waals surface area contributed by atoms with Crippen molar-refractivity contribution in [1.82, 2.24) is 10.2 Å². The number of ether oxygens (including phenoxy) is 1. The number of nitrogens with zero attached hydrogens (tertiary/aromatic N) is 1. The van der Waals surface area contributed by atoms with E-state index in [0.717, 1.165) is 31.9 Å². The SMILES string of the molecule is CCN(CC)Cc1ccc(CNC2CCCCC2)c(OC)c1. The summed E-state index contributed by atoms with van der Waals surface area (Å²) < 4.78 is 5.62. The van der Waals surface area contributed by atoms with Crippen LogP contribution in [-0.2, 0) is 13.1 Å². The van der Waals surface area contributed by atoms with Crippen LogP contribution in [0.2, 0.25) is 0 Å². The smallest absolute Gasteiger partial charge is 0.123 e. The van der Waals surface area contributed by atoms with Crippen molar-refractivity contribution in [2.45, 2.75) is 65.1 Å². The second-order valence-electron chi connectivity index (χ2n) is 6.32. The third kappa shape index (κ3) is 4.99. The van der Waals surface area contributed by atoms with Gasteiger partial charge in [-0.2, -0.15) is 0 Å². The van der Waals surface area contributed by atoms with Gasteiger partial charge in [0.15, 0.2) is 0 Å². The minimum atomic E-state index is 0.689. The fourth-order valence-corrected chi connectivity index (χ4v) is 3.30. The second kappa shape index (κ2) is 9.16. The number of hydrogen-bond donors (Lipinski definition) is 1. The standard InChI is InChI=1S/C19H32N2O/c1-4-21(5-2)15-16-11-12-17(19(13-16)22-3)14-20-18-9-7-6-8-10-18/h11-13,18,20H,4-10,14-15H2,1-3H3. The molecule has 0 aromatic heterocycles. The van der Waals surface area contributed by atoms with E-state index in [0.29, 0.717) is 6.04 Å². The maximum Gasteiger partial charge on any atom is 0.123 e. The lowest BCUT2D eigenvalue weighted by Gasteiger charge is -2.23. The van der Waals surface area contributed by atoms with E-state index in [9.17, 15) is 0 Å². The van der Waals surface area contributed by atoms with Gasteiger partial charge in [0, 0.05) is 24.7 Å². The van der Waals surface area contributed by atoms with Gasteiger partial charge in [0.25, 0.3) is 0 Å². The molecular weight excluding hydrogens is 272 g/mol. The number of benzene rings is 1. The largest absolute Gasteiger partial charge is 0.496 e. The fraction of sp³-hybridized carbons (Fsp3) is 0.684. The Morgan fingerprint density at radius 3 is 2.50 bits per heavy atom. The van der Waals surface area contributed by atoms with Gasteiger partial charge in [-0.3, -0.25) is 4.90 Å². The Bertz CT molecular complexity index is 437. The topological polar surface area (TPSA) is 24.5 Å². The van der Waals surface area contributed by atoms with Crippen molar-refractivity contribution in [3.63, 3.8) is 0 Å². The van der Waals surface area contributed by atoms with Crippen LogP contribution in [0.4, 0.5) is 0 Å². The number of nitrogens with one attached hydrogen (secondary N) is 1. The van der Waals surface area contributed by atoms with Crippen molar-refractivity contribution in [2.24, 2.45) is 0 Å². The summed E-state index contributed by atoms with van der Waals surface area (Å²) in [6.45, 7) is 8.51. The summed E-state index contributed by atoms with van der Waals surface area (Å²) in [5.41, 5.74) is 2.61. The van der Waals surface area contributed by atoms with Gasteiger partial charge in [0.05, 0.1) is 7.11 Å². The van der Waals surface area contributed by atoms with Gasteiger partial charge >= 0.3 is 0 Å². The number of rotatable bonds is 8. The van der Waals surface area contributed by atoms with Crippen LogP contribution >= 0.6 is 0 Å². The highest BCUT2D eigenvalue weighted by Gasteiger charge is 2.14. The van der Waals surface area contributed by atoms with Crippen molar-refractivity contribution in [3.05, 3.63) is 29.3 Å². The molecule has 0 radical (unpaired) electrons. The Morgan fingerprint density at radius 2 is 1.86 bits per heavy atom. The summed E-state index contributed by atoms with van der Waals surface area (Å²) in [6.07, 6.45) is 6.79. The van der Waals surface area contributed by atoms with E-state index in [4.69, 9.17) is 4.74 Å². The van der Waals surface area contributed by atoms with Gasteiger partial charge in [0.1, 0.15) is 5.75 Å². The molecule has 1 saturated carbocycles. The summed E-state index contributed by atoms with van der Waals surface area (Å²) in [5, 5.41) is 3.70. The zero-order chi connectivity index (χ0) is 15.8. The zero-order valence-electron chi connectivity index (χ0n) is 14.5. The second-order valence-corrected chi connectivity index (χ2v) is 6.32. The van der Waals surface area contributed by atoms with Crippen molar-refractivity contribution in [3.8, 4) is 5.75 Å². The lowest BCUT2D eigenvalue weighted by Crippen LogP contribution is -2.30. The van der Waals surface area contributed by atoms with Crippen LogP contribution < -0.4 is 10.1 Å². The first-order valence-corrected chi connectivity index (χ1v) is 8.88. The molecule has 1 aliphatic carbocycles. The van der Waals surface area contributed by atoms with Crippen LogP contribution in [0.5, 0.6) is 5.75 Å². The van der Waals surface area contributed by atoms with Gasteiger partial charge in [-0.05, 0) is 37.6 Å². The van der Waals surface area contributed by atoms with Crippen LogP contribution in [0.15, 0.2) is 18.2 Å². The molecule has 1 fully saturated rings. The van der Waals surface area contributed by atoms with E-state index < -0.39 is 0 Å². The van der Waals surface area contributed by atoms with E-state index in [-0.39, 0.29) is 0 Å². The van der Waals surface area contributed by atoms with Crippen LogP contribution in [0, 0.1) is 0 Å². The molecule has 0 bridgehead atoms. The first-order chi connectivity index (χ1) is 10.8. The van der Waals surface area contributed by atoms with Gasteiger partial charge in [0.2, 0.25) is 0 Å². The molecule has 0 saturated heterocycles. The molecular formula is C19H32N2O. The molecule has 3 nitrogen and oxygen atoms in total. The zero-order valence-corrected chi connectivity index (χ0v) is 14.5. The molecule has 0 atom stereocenters. The van der Waals surface area contributed by atoms with Crippen molar-refractivity contribution in [2.75, 3.05) is 20.2 Å². The molecule has 0 aliphatic heterocycles. The summed E-state index contributed by atoms with van der Waals surface area (Å²) >= 11 is 0. The third-order valence-corrected chi connectivity index (χ3v) is 4.84. The Balaban J connectivity index is 1.96. The highest BCUT2D eigenvalue weighted by molar-refractivity contribution is 5.37. The monoisotopic (exact) mass is 304 g/mol. The van der Waals surface area contributed by atoms with Crippen LogP contribution in [-0.4, -0.2) is 31.1 Å². The molecule has 1 aliphatic rings. The normalized spacial score (nSPS) is 16.2. The summed E-state index contributed by atoms with van der Waals surface area (Å²) in [5.74, 6) is 1.02. The van der Waals surface area contributed by atoms with Crippen LogP contribution in [0.3, 0.4) is 0 Å². The lowest BCUT2D eigenvalue weighted by atomic mass is 9.95. The highest BCUT2D eigenvalue weighted by Crippen LogP contribution is 2.23. The average Bonchev–Trinajstić information content (AvgIpc) is 2.59. The molecule has 124 valence electrons. The van der Waals surface area contributed by atoms with E-state index in [1.54, 1.807) is 7.11 Å². The Hall–Kier alpha value is -1.06. The third-order valence-electron chi connectivity index (χ3n) is 4.84. The fourth-order valence-electron chi connectivity index (χ4n) is 3.30. The Labute approximate surface area is 136 Å². The van der Waals surface area contributed by atoms with Gasteiger partial charge in [-0.25, -0.2) is 0 Å². The molecule has 0 spiro atoms. The van der Waals surface area contributed by atoms with E-state index in [2.05, 4.69) is 42.3 Å². The van der Waals surface area contributed by atoms with E-state index in [1.165, 1.54) is 43.2 Å². The summed E-state index contributed by atoms with van der Waals surface area (Å²) in [6, 6.07) is 7.37. The van der Waals surface area contributed by atoms with Crippen molar-refractivity contribution in [1.29, 1.82) is 0 Å². The van der Waals surface area contributed by atoms with Gasteiger partial charge in [-0.15, -0.1) is 0 Å². The minimum absolute atomic E-state index is 0.689. The molecule has 22 heavy (non-hydrogen) atoms. The summed E-state index contributed by atoms with van der Waals surface area (Å²) in [4.78, 5) is 2.43. The molecule has 0 unspecified atom stereocenters. The minimum Gasteiger partial charge on any atom is -0.496 e. The molecule has 1 aromatic carbocycles. The highest BCUT2D eigenvalue weighted by atomic mass is 16.5. The Morgan fingerprint density at radius 1 is 1.14 bits per heavy atom.